The van der Waals surface area contributed by atoms with E-state index in [2.05, 4.69) is 31.9 Å². The number of hydrogen-bond acceptors (Lipinski definition) is 6. The molecule has 1 aliphatic carbocycles. The largest absolute Gasteiger partial charge is 0.357 e. The fourth-order valence-electron chi connectivity index (χ4n) is 3.82. The SMILES string of the molecule is O=C(N[C@@H]1CCC[C@H]1Nc1nc2ccccc2s1)c1ccccc1-n1nccn1. The first-order valence-electron chi connectivity index (χ1n) is 9.66. The van der Waals surface area contributed by atoms with Crippen molar-refractivity contribution in [1.29, 1.82) is 0 Å². The average molecular weight is 404 g/mol. The van der Waals surface area contributed by atoms with Gasteiger partial charge in [-0.15, -0.1) is 0 Å². The van der Waals surface area contributed by atoms with Crippen molar-refractivity contribution < 1.29 is 4.79 Å². The van der Waals surface area contributed by atoms with Crippen molar-refractivity contribution in [3.8, 4) is 5.69 Å². The molecule has 7 nitrogen and oxygen atoms in total. The first-order valence-corrected chi connectivity index (χ1v) is 10.5. The van der Waals surface area contributed by atoms with Crippen molar-refractivity contribution in [3.63, 3.8) is 0 Å². The van der Waals surface area contributed by atoms with E-state index in [4.69, 9.17) is 0 Å². The van der Waals surface area contributed by atoms with E-state index in [1.165, 1.54) is 4.80 Å². The van der Waals surface area contributed by atoms with Crippen LogP contribution in [0.5, 0.6) is 0 Å². The Morgan fingerprint density at radius 2 is 1.76 bits per heavy atom. The van der Waals surface area contributed by atoms with Crippen LogP contribution in [0.15, 0.2) is 60.9 Å². The van der Waals surface area contributed by atoms with Gasteiger partial charge in [0, 0.05) is 12.1 Å². The number of nitrogens with zero attached hydrogens (tertiary/aromatic N) is 4. The summed E-state index contributed by atoms with van der Waals surface area (Å²) in [5.41, 5.74) is 2.23. The van der Waals surface area contributed by atoms with E-state index in [0.29, 0.717) is 11.3 Å². The van der Waals surface area contributed by atoms with E-state index >= 15 is 0 Å². The molecule has 5 rings (SSSR count). The van der Waals surface area contributed by atoms with Gasteiger partial charge in [0.25, 0.3) is 5.91 Å². The minimum atomic E-state index is -0.110. The maximum atomic E-state index is 13.0. The maximum Gasteiger partial charge on any atom is 0.253 e. The molecule has 2 aromatic carbocycles. The Kier molecular flexibility index (Phi) is 4.69. The summed E-state index contributed by atoms with van der Waals surface area (Å²) < 4.78 is 1.16. The number of para-hydroxylation sites is 2. The van der Waals surface area contributed by atoms with Gasteiger partial charge in [0.05, 0.1) is 33.9 Å². The monoisotopic (exact) mass is 404 g/mol. The molecule has 2 aromatic heterocycles. The van der Waals surface area contributed by atoms with Crippen molar-refractivity contribution in [2.24, 2.45) is 0 Å². The molecule has 2 N–H and O–H groups in total. The summed E-state index contributed by atoms with van der Waals surface area (Å²) in [4.78, 5) is 19.2. The van der Waals surface area contributed by atoms with Gasteiger partial charge >= 0.3 is 0 Å². The van der Waals surface area contributed by atoms with Crippen LogP contribution in [0.1, 0.15) is 29.6 Å². The highest BCUT2D eigenvalue weighted by atomic mass is 32.1. The van der Waals surface area contributed by atoms with E-state index in [9.17, 15) is 4.79 Å². The molecule has 2 atom stereocenters. The van der Waals surface area contributed by atoms with Crippen LogP contribution in [0.4, 0.5) is 5.13 Å². The Morgan fingerprint density at radius 3 is 2.62 bits per heavy atom. The highest BCUT2D eigenvalue weighted by Crippen LogP contribution is 2.29. The van der Waals surface area contributed by atoms with Gasteiger partial charge < -0.3 is 10.6 Å². The van der Waals surface area contributed by atoms with Gasteiger partial charge in [-0.05, 0) is 43.5 Å². The molecule has 1 amide bonds. The van der Waals surface area contributed by atoms with Crippen LogP contribution in [0.25, 0.3) is 15.9 Å². The lowest BCUT2D eigenvalue weighted by atomic mass is 10.1. The van der Waals surface area contributed by atoms with Crippen molar-refractivity contribution in [2.45, 2.75) is 31.3 Å². The number of benzene rings is 2. The molecule has 0 radical (unpaired) electrons. The number of carbonyl (C=O) groups excluding carboxylic acids is 1. The minimum Gasteiger partial charge on any atom is -0.357 e. The zero-order valence-electron chi connectivity index (χ0n) is 15.7. The lowest BCUT2D eigenvalue weighted by Gasteiger charge is -2.22. The Hall–Kier alpha value is -3.26. The standard InChI is InChI=1S/C21H20N6OS/c28-20(14-6-1-3-10-18(14)27-22-12-13-23-27)24-15-8-5-9-16(15)25-21-26-17-7-2-4-11-19(17)29-21/h1-4,6-7,10-13,15-16H,5,8-9H2,(H,24,28)(H,25,26)/t15-,16-/m1/s1. The van der Waals surface area contributed by atoms with Gasteiger partial charge in [-0.2, -0.15) is 15.0 Å². The number of aromatic nitrogens is 4. The molecule has 0 aliphatic heterocycles. The fourth-order valence-corrected chi connectivity index (χ4v) is 4.75. The van der Waals surface area contributed by atoms with Gasteiger partial charge in [-0.25, -0.2) is 4.98 Å². The Morgan fingerprint density at radius 1 is 1.00 bits per heavy atom. The van der Waals surface area contributed by atoms with Gasteiger partial charge in [0.1, 0.15) is 0 Å². The van der Waals surface area contributed by atoms with Crippen LogP contribution in [-0.4, -0.2) is 38.0 Å². The fraction of sp³-hybridized carbons (Fsp3) is 0.238. The van der Waals surface area contributed by atoms with Gasteiger partial charge in [-0.1, -0.05) is 35.6 Å². The lowest BCUT2D eigenvalue weighted by molar-refractivity contribution is 0.0935. The van der Waals surface area contributed by atoms with Gasteiger partial charge in [0.2, 0.25) is 0 Å². The quantitative estimate of drug-likeness (QED) is 0.530. The number of carbonyl (C=O) groups is 1. The number of fused-ring (bicyclic) bond motifs is 1. The van der Waals surface area contributed by atoms with E-state index in [-0.39, 0.29) is 18.0 Å². The number of hydrogen-bond donors (Lipinski definition) is 2. The Balaban J connectivity index is 1.33. The molecule has 1 fully saturated rings. The smallest absolute Gasteiger partial charge is 0.253 e. The van der Waals surface area contributed by atoms with Crippen molar-refractivity contribution in [1.82, 2.24) is 25.3 Å². The van der Waals surface area contributed by atoms with Crippen LogP contribution in [0.2, 0.25) is 0 Å². The number of thiazole rings is 1. The van der Waals surface area contributed by atoms with Crippen molar-refractivity contribution in [3.05, 3.63) is 66.5 Å². The summed E-state index contributed by atoms with van der Waals surface area (Å²) in [6.07, 6.45) is 6.21. The molecular formula is C21H20N6OS. The Labute approximate surface area is 171 Å². The summed E-state index contributed by atoms with van der Waals surface area (Å²) in [6.45, 7) is 0. The number of rotatable bonds is 5. The topological polar surface area (TPSA) is 84.7 Å². The summed E-state index contributed by atoms with van der Waals surface area (Å²) in [5.74, 6) is -0.110. The third-order valence-corrected chi connectivity index (χ3v) is 6.19. The summed E-state index contributed by atoms with van der Waals surface area (Å²) in [6, 6.07) is 15.7. The van der Waals surface area contributed by atoms with Gasteiger partial charge in [0.15, 0.2) is 5.13 Å². The molecule has 1 saturated carbocycles. The van der Waals surface area contributed by atoms with E-state index in [1.54, 1.807) is 29.8 Å². The minimum absolute atomic E-state index is 0.0492. The van der Waals surface area contributed by atoms with Crippen molar-refractivity contribution >= 4 is 32.6 Å². The number of amides is 1. The predicted molar refractivity (Wildman–Crippen MR) is 113 cm³/mol. The van der Waals surface area contributed by atoms with Crippen LogP contribution in [0, 0.1) is 0 Å². The molecular weight excluding hydrogens is 384 g/mol. The van der Waals surface area contributed by atoms with Crippen LogP contribution < -0.4 is 10.6 Å². The second kappa shape index (κ2) is 7.63. The van der Waals surface area contributed by atoms with Crippen LogP contribution in [-0.2, 0) is 0 Å². The highest BCUT2D eigenvalue weighted by Gasteiger charge is 2.30. The second-order valence-electron chi connectivity index (χ2n) is 7.08. The predicted octanol–water partition coefficient (Wildman–Crippen LogP) is 3.64. The molecule has 1 aliphatic rings. The average Bonchev–Trinajstić information content (AvgIpc) is 3.49. The third-order valence-electron chi connectivity index (χ3n) is 5.22. The summed E-state index contributed by atoms with van der Waals surface area (Å²) in [7, 11) is 0. The first-order chi connectivity index (χ1) is 14.3. The van der Waals surface area contributed by atoms with Crippen molar-refractivity contribution in [2.75, 3.05) is 5.32 Å². The lowest BCUT2D eigenvalue weighted by Crippen LogP contribution is -2.43. The Bertz CT molecular complexity index is 1110. The molecule has 146 valence electrons. The summed E-state index contributed by atoms with van der Waals surface area (Å²) in [5, 5.41) is 16.0. The molecule has 8 heteroatoms. The molecule has 4 aromatic rings. The normalized spacial score (nSPS) is 18.8. The first kappa shape index (κ1) is 17.8. The molecule has 0 bridgehead atoms. The number of anilines is 1. The zero-order valence-corrected chi connectivity index (χ0v) is 16.5. The highest BCUT2D eigenvalue weighted by molar-refractivity contribution is 7.22. The summed E-state index contributed by atoms with van der Waals surface area (Å²) >= 11 is 1.65. The van der Waals surface area contributed by atoms with E-state index in [0.717, 1.165) is 34.6 Å². The molecule has 29 heavy (non-hydrogen) atoms. The molecule has 0 saturated heterocycles. The second-order valence-corrected chi connectivity index (χ2v) is 8.11. The molecule has 0 spiro atoms. The maximum absolute atomic E-state index is 13.0. The zero-order chi connectivity index (χ0) is 19.6. The van der Waals surface area contributed by atoms with Crippen LogP contribution in [0.3, 0.4) is 0 Å². The number of nitrogens with one attached hydrogen (secondary N) is 2. The van der Waals surface area contributed by atoms with Gasteiger partial charge in [-0.3, -0.25) is 4.79 Å². The van der Waals surface area contributed by atoms with E-state index < -0.39 is 0 Å². The van der Waals surface area contributed by atoms with E-state index in [1.807, 2.05) is 36.4 Å². The van der Waals surface area contributed by atoms with Crippen LogP contribution >= 0.6 is 11.3 Å². The molecule has 2 heterocycles. The molecule has 0 unspecified atom stereocenters. The third kappa shape index (κ3) is 3.58.